The first-order valence-electron chi connectivity index (χ1n) is 9.23. The van der Waals surface area contributed by atoms with Gasteiger partial charge in [0.05, 0.1) is 5.92 Å². The van der Waals surface area contributed by atoms with Gasteiger partial charge in [-0.05, 0) is 23.6 Å². The van der Waals surface area contributed by atoms with Gasteiger partial charge in [-0.1, -0.05) is 97.4 Å². The normalized spacial score (nSPS) is 22.3. The molecule has 27 heavy (non-hydrogen) atoms. The molecule has 1 aliphatic rings. The largest absolute Gasteiger partial charge is 0.380 e. The first-order valence-corrected chi connectivity index (χ1v) is 9.23. The lowest BCUT2D eigenvalue weighted by Crippen LogP contribution is -2.33. The van der Waals surface area contributed by atoms with Crippen LogP contribution >= 0.6 is 0 Å². The second-order valence-corrected chi connectivity index (χ2v) is 7.20. The third-order valence-corrected chi connectivity index (χ3v) is 5.48. The summed E-state index contributed by atoms with van der Waals surface area (Å²) < 4.78 is 0. The molecule has 1 aliphatic carbocycles. The van der Waals surface area contributed by atoms with E-state index in [4.69, 9.17) is 0 Å². The standard InChI is InChI=1S/C25H22O2/c1-17-10-9-13-20(16-17)22-23(19-11-5-3-6-12-19)25(27,18(2)24(22)26)21-14-7-4-8-15-21/h3-16,18,27H,1-2H3/t18-,25+/m1/s1. The summed E-state index contributed by atoms with van der Waals surface area (Å²) in [7, 11) is 0. The summed E-state index contributed by atoms with van der Waals surface area (Å²) in [5, 5.41) is 11.9. The molecule has 4 rings (SSSR count). The molecule has 0 unspecified atom stereocenters. The third-order valence-electron chi connectivity index (χ3n) is 5.48. The number of hydrogen-bond acceptors (Lipinski definition) is 2. The van der Waals surface area contributed by atoms with Crippen molar-refractivity contribution >= 4 is 16.9 Å². The Morgan fingerprint density at radius 3 is 2.04 bits per heavy atom. The van der Waals surface area contributed by atoms with Crippen molar-refractivity contribution < 1.29 is 9.90 Å². The average molecular weight is 354 g/mol. The van der Waals surface area contributed by atoms with E-state index in [0.717, 1.165) is 22.3 Å². The molecule has 0 spiro atoms. The van der Waals surface area contributed by atoms with Crippen molar-refractivity contribution in [2.24, 2.45) is 5.92 Å². The van der Waals surface area contributed by atoms with Gasteiger partial charge in [0.25, 0.3) is 0 Å². The minimum Gasteiger partial charge on any atom is -0.380 e. The van der Waals surface area contributed by atoms with Crippen molar-refractivity contribution in [3.8, 4) is 0 Å². The van der Waals surface area contributed by atoms with Crippen molar-refractivity contribution in [2.45, 2.75) is 19.4 Å². The van der Waals surface area contributed by atoms with E-state index in [-0.39, 0.29) is 5.78 Å². The molecule has 0 aliphatic heterocycles. The van der Waals surface area contributed by atoms with Gasteiger partial charge in [0.2, 0.25) is 0 Å². The summed E-state index contributed by atoms with van der Waals surface area (Å²) in [4.78, 5) is 13.4. The number of hydrogen-bond donors (Lipinski definition) is 1. The first-order chi connectivity index (χ1) is 13.0. The molecule has 0 fully saturated rings. The van der Waals surface area contributed by atoms with Gasteiger partial charge in [-0.2, -0.15) is 0 Å². The van der Waals surface area contributed by atoms with Gasteiger partial charge < -0.3 is 5.11 Å². The van der Waals surface area contributed by atoms with E-state index in [2.05, 4.69) is 0 Å². The Morgan fingerprint density at radius 2 is 1.41 bits per heavy atom. The van der Waals surface area contributed by atoms with Gasteiger partial charge in [-0.3, -0.25) is 4.79 Å². The smallest absolute Gasteiger partial charge is 0.170 e. The predicted molar refractivity (Wildman–Crippen MR) is 109 cm³/mol. The molecular formula is C25H22O2. The fraction of sp³-hybridized carbons (Fsp3) is 0.160. The molecule has 2 atom stereocenters. The minimum atomic E-state index is -1.36. The van der Waals surface area contributed by atoms with E-state index in [1.54, 1.807) is 0 Å². The van der Waals surface area contributed by atoms with Crippen LogP contribution in [-0.4, -0.2) is 10.9 Å². The van der Waals surface area contributed by atoms with Gasteiger partial charge in [-0.15, -0.1) is 0 Å². The molecule has 3 aromatic rings. The van der Waals surface area contributed by atoms with Crippen molar-refractivity contribution in [2.75, 3.05) is 0 Å². The van der Waals surface area contributed by atoms with Crippen LogP contribution in [0.5, 0.6) is 0 Å². The summed E-state index contributed by atoms with van der Waals surface area (Å²) >= 11 is 0. The number of ketones is 1. The lowest BCUT2D eigenvalue weighted by molar-refractivity contribution is -0.121. The van der Waals surface area contributed by atoms with Crippen LogP contribution in [0.15, 0.2) is 84.9 Å². The molecule has 0 radical (unpaired) electrons. The van der Waals surface area contributed by atoms with Crippen LogP contribution in [0.1, 0.15) is 29.2 Å². The summed E-state index contributed by atoms with van der Waals surface area (Å²) in [6, 6.07) is 27.2. The SMILES string of the molecule is Cc1cccc(C2=C(c3ccccc3)[C@@](O)(c3ccccc3)[C@H](C)C2=O)c1. The van der Waals surface area contributed by atoms with Crippen LogP contribution < -0.4 is 0 Å². The topological polar surface area (TPSA) is 37.3 Å². The molecule has 134 valence electrons. The number of benzene rings is 3. The van der Waals surface area contributed by atoms with Crippen molar-refractivity contribution in [3.63, 3.8) is 0 Å². The highest BCUT2D eigenvalue weighted by Crippen LogP contribution is 2.52. The van der Waals surface area contributed by atoms with Crippen LogP contribution in [-0.2, 0) is 10.4 Å². The highest BCUT2D eigenvalue weighted by molar-refractivity contribution is 6.33. The quantitative estimate of drug-likeness (QED) is 0.718. The summed E-state index contributed by atoms with van der Waals surface area (Å²) in [5.41, 5.74) is 3.51. The van der Waals surface area contributed by atoms with Crippen molar-refractivity contribution in [1.82, 2.24) is 0 Å². The van der Waals surface area contributed by atoms with Crippen LogP contribution in [0.3, 0.4) is 0 Å². The highest BCUT2D eigenvalue weighted by atomic mass is 16.3. The maximum atomic E-state index is 13.4. The second-order valence-electron chi connectivity index (χ2n) is 7.20. The van der Waals surface area contributed by atoms with E-state index < -0.39 is 11.5 Å². The third kappa shape index (κ3) is 2.73. The van der Waals surface area contributed by atoms with E-state index in [0.29, 0.717) is 11.1 Å². The Kier molecular flexibility index (Phi) is 4.29. The van der Waals surface area contributed by atoms with Crippen molar-refractivity contribution in [3.05, 3.63) is 107 Å². The molecule has 0 heterocycles. The number of carbonyl (C=O) groups is 1. The summed E-state index contributed by atoms with van der Waals surface area (Å²) in [5.74, 6) is -0.587. The van der Waals surface area contributed by atoms with Gasteiger partial charge >= 0.3 is 0 Å². The van der Waals surface area contributed by atoms with Gasteiger partial charge in [0.1, 0.15) is 5.60 Å². The maximum Gasteiger partial charge on any atom is 0.170 e. The zero-order valence-corrected chi connectivity index (χ0v) is 15.5. The molecule has 0 aromatic heterocycles. The number of carbonyl (C=O) groups excluding carboxylic acids is 1. The maximum absolute atomic E-state index is 13.4. The zero-order valence-electron chi connectivity index (χ0n) is 15.5. The van der Waals surface area contributed by atoms with Gasteiger partial charge in [0.15, 0.2) is 5.78 Å². The summed E-state index contributed by atoms with van der Waals surface area (Å²) in [6.45, 7) is 3.83. The Hall–Kier alpha value is -2.97. The zero-order chi connectivity index (χ0) is 19.0. The van der Waals surface area contributed by atoms with Crippen LogP contribution in [0.25, 0.3) is 11.1 Å². The molecule has 1 N–H and O–H groups in total. The monoisotopic (exact) mass is 354 g/mol. The average Bonchev–Trinajstić information content (AvgIpc) is 2.91. The molecular weight excluding hydrogens is 332 g/mol. The first kappa shape index (κ1) is 17.4. The van der Waals surface area contributed by atoms with Gasteiger partial charge in [0, 0.05) is 11.1 Å². The lowest BCUT2D eigenvalue weighted by Gasteiger charge is -2.31. The molecule has 2 heteroatoms. The number of aliphatic hydroxyl groups is 1. The number of Topliss-reactive ketones (excluding diaryl/α,β-unsaturated/α-hetero) is 1. The predicted octanol–water partition coefficient (Wildman–Crippen LogP) is 5.01. The molecule has 0 saturated heterocycles. The molecule has 2 nitrogen and oxygen atoms in total. The van der Waals surface area contributed by atoms with Crippen LogP contribution in [0.4, 0.5) is 0 Å². The van der Waals surface area contributed by atoms with Crippen molar-refractivity contribution in [1.29, 1.82) is 0 Å². The van der Waals surface area contributed by atoms with Crippen LogP contribution in [0, 0.1) is 12.8 Å². The molecule has 0 saturated carbocycles. The minimum absolute atomic E-state index is 0.0224. The van der Waals surface area contributed by atoms with Gasteiger partial charge in [-0.25, -0.2) is 0 Å². The number of aryl methyl sites for hydroxylation is 1. The Labute approximate surface area is 159 Å². The Balaban J connectivity index is 2.07. The van der Waals surface area contributed by atoms with E-state index in [1.807, 2.05) is 98.8 Å². The molecule has 0 bridgehead atoms. The Bertz CT molecular complexity index is 1020. The summed E-state index contributed by atoms with van der Waals surface area (Å²) in [6.07, 6.45) is 0. The number of rotatable bonds is 3. The van der Waals surface area contributed by atoms with Crippen LogP contribution in [0.2, 0.25) is 0 Å². The van der Waals surface area contributed by atoms with E-state index in [1.165, 1.54) is 0 Å². The molecule has 0 amide bonds. The lowest BCUT2D eigenvalue weighted by atomic mass is 9.78. The van der Waals surface area contributed by atoms with E-state index in [9.17, 15) is 9.90 Å². The molecule has 3 aromatic carbocycles. The number of allylic oxidation sites excluding steroid dienone is 1. The fourth-order valence-corrected chi connectivity index (χ4v) is 4.08. The second kappa shape index (κ2) is 6.64. The van der Waals surface area contributed by atoms with E-state index >= 15 is 0 Å². The highest BCUT2D eigenvalue weighted by Gasteiger charge is 2.52. The Morgan fingerprint density at radius 1 is 0.815 bits per heavy atom. The fourth-order valence-electron chi connectivity index (χ4n) is 4.08.